The number of aromatic nitrogens is 3. The minimum absolute atomic E-state index is 0.730. The molecule has 1 aliphatic carbocycles. The van der Waals surface area contributed by atoms with E-state index in [1.807, 2.05) is 29.5 Å². The zero-order valence-corrected chi connectivity index (χ0v) is 27.9. The molecule has 0 aliphatic heterocycles. The van der Waals surface area contributed by atoms with Gasteiger partial charge in [-0.25, -0.2) is 9.97 Å². The first-order valence-electron chi connectivity index (χ1n) is 17.2. The van der Waals surface area contributed by atoms with Gasteiger partial charge in [0.05, 0.1) is 27.8 Å². The molecule has 0 atom stereocenters. The molecular formula is C46H29N3S. The molecule has 234 valence electrons. The van der Waals surface area contributed by atoms with E-state index in [2.05, 4.69) is 138 Å². The fraction of sp³-hybridized carbons (Fsp3) is 0.0435. The molecule has 0 unspecified atom stereocenters. The summed E-state index contributed by atoms with van der Waals surface area (Å²) in [7, 11) is 0. The molecule has 0 amide bonds. The van der Waals surface area contributed by atoms with E-state index in [1.165, 1.54) is 74.6 Å². The van der Waals surface area contributed by atoms with Crippen LogP contribution in [-0.4, -0.2) is 14.5 Å². The third-order valence-corrected chi connectivity index (χ3v) is 11.7. The molecule has 3 nitrogen and oxygen atoms in total. The lowest BCUT2D eigenvalue weighted by Crippen LogP contribution is -2.07. The quantitative estimate of drug-likeness (QED) is 0.177. The van der Waals surface area contributed by atoms with Crippen LogP contribution in [0, 0.1) is 0 Å². The first kappa shape index (κ1) is 27.8. The second-order valence-corrected chi connectivity index (χ2v) is 14.2. The normalized spacial score (nSPS) is 13.0. The predicted octanol–water partition coefficient (Wildman–Crippen LogP) is 12.5. The van der Waals surface area contributed by atoms with Crippen molar-refractivity contribution in [2.75, 3.05) is 0 Å². The zero-order valence-electron chi connectivity index (χ0n) is 27.1. The van der Waals surface area contributed by atoms with E-state index in [-0.39, 0.29) is 0 Å². The van der Waals surface area contributed by atoms with Gasteiger partial charge in [-0.15, -0.1) is 11.3 Å². The van der Waals surface area contributed by atoms with Gasteiger partial charge in [0.25, 0.3) is 0 Å². The molecule has 0 bridgehead atoms. The Morgan fingerprint density at radius 3 is 1.82 bits per heavy atom. The lowest BCUT2D eigenvalue weighted by Gasteiger charge is -2.17. The first-order chi connectivity index (χ1) is 24.8. The van der Waals surface area contributed by atoms with Gasteiger partial charge in [-0.2, -0.15) is 0 Å². The summed E-state index contributed by atoms with van der Waals surface area (Å²) in [5.74, 6) is 0.730. The van der Waals surface area contributed by atoms with Crippen LogP contribution in [0.2, 0.25) is 0 Å². The highest BCUT2D eigenvalue weighted by Gasteiger charge is 2.28. The van der Waals surface area contributed by atoms with Crippen LogP contribution >= 0.6 is 11.3 Å². The third kappa shape index (κ3) is 3.85. The van der Waals surface area contributed by atoms with Gasteiger partial charge in [-0.05, 0) is 39.8 Å². The van der Waals surface area contributed by atoms with Gasteiger partial charge in [0, 0.05) is 48.6 Å². The van der Waals surface area contributed by atoms with E-state index in [0.717, 1.165) is 41.2 Å². The maximum Gasteiger partial charge on any atom is 0.159 e. The van der Waals surface area contributed by atoms with Gasteiger partial charge in [-0.3, -0.25) is 0 Å². The van der Waals surface area contributed by atoms with Crippen LogP contribution in [0.25, 0.3) is 97.8 Å². The Morgan fingerprint density at radius 2 is 1.10 bits per heavy atom. The Hall–Kier alpha value is -6.10. The zero-order chi connectivity index (χ0) is 32.8. The number of thiophene rings is 1. The number of hydrogen-bond acceptors (Lipinski definition) is 3. The highest BCUT2D eigenvalue weighted by atomic mass is 32.1. The topological polar surface area (TPSA) is 30.7 Å². The van der Waals surface area contributed by atoms with Crippen LogP contribution < -0.4 is 0 Å². The van der Waals surface area contributed by atoms with Crippen molar-refractivity contribution in [2.24, 2.45) is 0 Å². The summed E-state index contributed by atoms with van der Waals surface area (Å²) in [6.07, 6.45) is 8.70. The Kier molecular flexibility index (Phi) is 5.95. The molecule has 0 spiro atoms. The molecule has 7 aromatic carbocycles. The summed E-state index contributed by atoms with van der Waals surface area (Å²) in [5, 5.41) is 11.8. The summed E-state index contributed by atoms with van der Waals surface area (Å²) >= 11 is 1.94. The Morgan fingerprint density at radius 1 is 0.540 bits per heavy atom. The van der Waals surface area contributed by atoms with E-state index >= 15 is 0 Å². The maximum absolute atomic E-state index is 5.35. The first-order valence-corrected chi connectivity index (χ1v) is 18.1. The van der Waals surface area contributed by atoms with E-state index in [4.69, 9.17) is 9.97 Å². The summed E-state index contributed by atoms with van der Waals surface area (Å²) in [6.45, 7) is 0. The summed E-state index contributed by atoms with van der Waals surface area (Å²) < 4.78 is 5.18. The molecule has 11 rings (SSSR count). The second kappa shape index (κ2) is 10.7. The van der Waals surface area contributed by atoms with E-state index in [9.17, 15) is 0 Å². The maximum atomic E-state index is 5.35. The largest absolute Gasteiger partial charge is 0.308 e. The van der Waals surface area contributed by atoms with Gasteiger partial charge in [0.15, 0.2) is 5.82 Å². The van der Waals surface area contributed by atoms with Crippen LogP contribution in [0.15, 0.2) is 146 Å². The Labute approximate surface area is 292 Å². The molecule has 50 heavy (non-hydrogen) atoms. The lowest BCUT2D eigenvalue weighted by molar-refractivity contribution is 0.883. The van der Waals surface area contributed by atoms with E-state index in [1.54, 1.807) is 0 Å². The third-order valence-electron chi connectivity index (χ3n) is 10.5. The molecule has 0 saturated heterocycles. The molecule has 1 aliphatic rings. The van der Waals surface area contributed by atoms with E-state index < -0.39 is 0 Å². The predicted molar refractivity (Wildman–Crippen MR) is 212 cm³/mol. The van der Waals surface area contributed by atoms with Crippen molar-refractivity contribution in [1.29, 1.82) is 0 Å². The SMILES string of the molecule is C1=Cc2c(n(-c3cnc(-c4ccccc4)nc3-c3ccccc3)c3c4sc5c6ccccc6c6ccccc6c5c4c4ccccc4c23)CC1. The number of fused-ring (bicyclic) bond motifs is 15. The molecule has 3 aromatic heterocycles. The van der Waals surface area contributed by atoms with Gasteiger partial charge in [-0.1, -0.05) is 146 Å². The number of allylic oxidation sites excluding steroid dienone is 1. The standard InChI is InChI=1S/C46H29N3S/c1-3-15-28(16-4-1)42-38(27-47-46(48-42)29-17-5-2-6-18-29)49-37-26-14-13-25-36(37)39-33-22-10-11-23-34(33)41-40-32-21-9-7-19-30(32)31-20-8-12-24-35(31)44(40)50-45(41)43(39)49/h1-13,15-25,27H,14,26H2. The Bertz CT molecular complexity index is 3020. The van der Waals surface area contributed by atoms with Crippen molar-refractivity contribution < 1.29 is 0 Å². The second-order valence-electron chi connectivity index (χ2n) is 13.2. The van der Waals surface area contributed by atoms with Crippen molar-refractivity contribution in [3.63, 3.8) is 0 Å². The summed E-state index contributed by atoms with van der Waals surface area (Å²) in [5.41, 5.74) is 7.92. The van der Waals surface area contributed by atoms with Gasteiger partial charge in [0.2, 0.25) is 0 Å². The highest BCUT2D eigenvalue weighted by molar-refractivity contribution is 7.28. The van der Waals surface area contributed by atoms with Crippen LogP contribution in [0.4, 0.5) is 0 Å². The van der Waals surface area contributed by atoms with Crippen LogP contribution in [0.3, 0.4) is 0 Å². The number of nitrogens with zero attached hydrogens (tertiary/aromatic N) is 3. The van der Waals surface area contributed by atoms with Crippen LogP contribution in [0.5, 0.6) is 0 Å². The molecule has 10 aromatic rings. The van der Waals surface area contributed by atoms with Crippen molar-refractivity contribution in [3.05, 3.63) is 157 Å². The van der Waals surface area contributed by atoms with Crippen LogP contribution in [-0.2, 0) is 6.42 Å². The smallest absolute Gasteiger partial charge is 0.159 e. The fourth-order valence-electron chi connectivity index (χ4n) is 8.39. The fourth-order valence-corrected chi connectivity index (χ4v) is 9.80. The Balaban J connectivity index is 1.37. The average Bonchev–Trinajstić information content (AvgIpc) is 3.77. The molecule has 0 N–H and O–H groups in total. The monoisotopic (exact) mass is 655 g/mol. The molecule has 0 radical (unpaired) electrons. The van der Waals surface area contributed by atoms with Crippen LogP contribution in [0.1, 0.15) is 17.7 Å². The molecule has 4 heteroatoms. The van der Waals surface area contributed by atoms with Crippen molar-refractivity contribution in [2.45, 2.75) is 12.8 Å². The minimum Gasteiger partial charge on any atom is -0.308 e. The summed E-state index contributed by atoms with van der Waals surface area (Å²) in [4.78, 5) is 10.4. The average molecular weight is 656 g/mol. The number of hydrogen-bond donors (Lipinski definition) is 0. The van der Waals surface area contributed by atoms with Crippen molar-refractivity contribution in [3.8, 4) is 28.3 Å². The van der Waals surface area contributed by atoms with Gasteiger partial charge in [0.1, 0.15) is 0 Å². The number of benzene rings is 7. The minimum atomic E-state index is 0.730. The van der Waals surface area contributed by atoms with E-state index in [0.29, 0.717) is 0 Å². The molecule has 3 heterocycles. The molecular weight excluding hydrogens is 627 g/mol. The highest BCUT2D eigenvalue weighted by Crippen LogP contribution is 2.52. The summed E-state index contributed by atoms with van der Waals surface area (Å²) in [6, 6.07) is 47.8. The van der Waals surface area contributed by atoms with Gasteiger partial charge >= 0.3 is 0 Å². The number of rotatable bonds is 3. The van der Waals surface area contributed by atoms with Crippen molar-refractivity contribution >= 4 is 80.8 Å². The van der Waals surface area contributed by atoms with Crippen molar-refractivity contribution in [1.82, 2.24) is 14.5 Å². The lowest BCUT2D eigenvalue weighted by atomic mass is 9.93. The molecule has 0 fully saturated rings. The molecule has 0 saturated carbocycles. The van der Waals surface area contributed by atoms with Gasteiger partial charge < -0.3 is 4.57 Å².